The molecule has 1 aromatic rings. The maximum absolute atomic E-state index is 10.8. The Kier molecular flexibility index (Phi) is 3.75. The normalized spacial score (nSPS) is 27.2. The number of rotatable bonds is 2. The molecule has 100 valence electrons. The van der Waals surface area contributed by atoms with Crippen LogP contribution in [0.1, 0.15) is 50.7 Å². The first-order valence-corrected chi connectivity index (χ1v) is 7.15. The van der Waals surface area contributed by atoms with E-state index in [9.17, 15) is 5.11 Å². The van der Waals surface area contributed by atoms with Crippen LogP contribution in [0.5, 0.6) is 0 Å². The van der Waals surface area contributed by atoms with E-state index in [4.69, 9.17) is 11.6 Å². The van der Waals surface area contributed by atoms with Gasteiger partial charge in [-0.3, -0.25) is 0 Å². The molecule has 1 aromatic carbocycles. The highest BCUT2D eigenvalue weighted by molar-refractivity contribution is 6.31. The van der Waals surface area contributed by atoms with E-state index in [2.05, 4.69) is 26.0 Å². The smallest absolute Gasteiger partial charge is 0.0693 e. The van der Waals surface area contributed by atoms with Crippen LogP contribution < -0.4 is 0 Å². The zero-order valence-electron chi connectivity index (χ0n) is 11.6. The fourth-order valence-corrected chi connectivity index (χ4v) is 3.57. The van der Waals surface area contributed by atoms with Crippen LogP contribution in [0.25, 0.3) is 0 Å². The van der Waals surface area contributed by atoms with Crippen LogP contribution in [0.15, 0.2) is 18.2 Å². The van der Waals surface area contributed by atoms with Crippen molar-refractivity contribution in [3.05, 3.63) is 34.3 Å². The summed E-state index contributed by atoms with van der Waals surface area (Å²) in [4.78, 5) is 0. The lowest BCUT2D eigenvalue weighted by atomic mass is 9.68. The molecule has 1 saturated carbocycles. The van der Waals surface area contributed by atoms with E-state index in [1.54, 1.807) is 0 Å². The predicted octanol–water partition coefficient (Wildman–Crippen LogP) is 4.52. The van der Waals surface area contributed by atoms with Gasteiger partial charge in [-0.05, 0) is 48.8 Å². The highest BCUT2D eigenvalue weighted by atomic mass is 35.5. The van der Waals surface area contributed by atoms with Gasteiger partial charge in [0.2, 0.25) is 0 Å². The molecule has 2 heteroatoms. The zero-order valence-corrected chi connectivity index (χ0v) is 12.3. The molecule has 0 amide bonds. The number of aliphatic hydroxyl groups is 1. The van der Waals surface area contributed by atoms with E-state index in [1.165, 1.54) is 12.0 Å². The molecule has 1 aliphatic carbocycles. The molecule has 0 radical (unpaired) electrons. The summed E-state index contributed by atoms with van der Waals surface area (Å²) in [6.45, 7) is 6.52. The van der Waals surface area contributed by atoms with Crippen LogP contribution in [0.3, 0.4) is 0 Å². The van der Waals surface area contributed by atoms with Crippen molar-refractivity contribution in [3.8, 4) is 0 Å². The minimum absolute atomic E-state index is 0.240. The summed E-state index contributed by atoms with van der Waals surface area (Å²) in [7, 11) is 0. The summed E-state index contributed by atoms with van der Waals surface area (Å²) >= 11 is 6.27. The summed E-state index contributed by atoms with van der Waals surface area (Å²) < 4.78 is 0. The molecule has 1 aliphatic rings. The molecule has 2 rings (SSSR count). The topological polar surface area (TPSA) is 20.2 Å². The molecule has 0 aliphatic heterocycles. The van der Waals surface area contributed by atoms with Gasteiger partial charge in [-0.25, -0.2) is 0 Å². The fraction of sp³-hybridized carbons (Fsp3) is 0.625. The highest BCUT2D eigenvalue weighted by Gasteiger charge is 2.38. The second-order valence-electron chi connectivity index (χ2n) is 6.69. The van der Waals surface area contributed by atoms with Crippen LogP contribution in [-0.2, 0) is 6.42 Å². The van der Waals surface area contributed by atoms with Gasteiger partial charge < -0.3 is 5.11 Å². The molecular formula is C16H23ClO. The standard InChI is InChI=1S/C16H23ClO/c1-12-5-6-13(14(17)9-12)10-16(18)8-4-7-15(2,3)11-16/h5-6,9,18H,4,7-8,10-11H2,1-3H3. The largest absolute Gasteiger partial charge is 0.390 e. The van der Waals surface area contributed by atoms with Gasteiger partial charge in [-0.1, -0.05) is 44.0 Å². The SMILES string of the molecule is Cc1ccc(CC2(O)CCCC(C)(C)C2)c(Cl)c1. The number of hydrogen-bond acceptors (Lipinski definition) is 1. The van der Waals surface area contributed by atoms with Crippen LogP contribution in [0, 0.1) is 12.3 Å². The van der Waals surface area contributed by atoms with Crippen molar-refractivity contribution in [2.75, 3.05) is 0 Å². The molecule has 0 bridgehead atoms. The third kappa shape index (κ3) is 3.27. The Bertz CT molecular complexity index is 439. The second-order valence-corrected chi connectivity index (χ2v) is 7.10. The average molecular weight is 267 g/mol. The third-order valence-electron chi connectivity index (χ3n) is 4.03. The van der Waals surface area contributed by atoms with E-state index in [-0.39, 0.29) is 5.41 Å². The quantitative estimate of drug-likeness (QED) is 0.834. The van der Waals surface area contributed by atoms with E-state index < -0.39 is 5.60 Å². The van der Waals surface area contributed by atoms with E-state index in [0.717, 1.165) is 29.8 Å². The van der Waals surface area contributed by atoms with E-state index in [1.807, 2.05) is 13.0 Å². The Balaban J connectivity index is 2.17. The van der Waals surface area contributed by atoms with Crippen molar-refractivity contribution < 1.29 is 5.11 Å². The molecule has 1 nitrogen and oxygen atoms in total. The first kappa shape index (κ1) is 13.9. The van der Waals surface area contributed by atoms with Gasteiger partial charge in [0.15, 0.2) is 0 Å². The maximum Gasteiger partial charge on any atom is 0.0693 e. The molecule has 1 N–H and O–H groups in total. The minimum Gasteiger partial charge on any atom is -0.390 e. The lowest BCUT2D eigenvalue weighted by molar-refractivity contribution is -0.0382. The summed E-state index contributed by atoms with van der Waals surface area (Å²) in [5.74, 6) is 0. The Morgan fingerprint density at radius 1 is 1.28 bits per heavy atom. The van der Waals surface area contributed by atoms with E-state index in [0.29, 0.717) is 6.42 Å². The van der Waals surface area contributed by atoms with Crippen LogP contribution in [0.4, 0.5) is 0 Å². The Morgan fingerprint density at radius 2 is 2.00 bits per heavy atom. The van der Waals surface area contributed by atoms with Gasteiger partial charge in [0, 0.05) is 11.4 Å². The molecule has 1 atom stereocenters. The molecule has 0 aromatic heterocycles. The maximum atomic E-state index is 10.8. The minimum atomic E-state index is -0.583. The fourth-order valence-electron chi connectivity index (χ4n) is 3.26. The van der Waals surface area contributed by atoms with Crippen molar-refractivity contribution in [1.29, 1.82) is 0 Å². The van der Waals surface area contributed by atoms with Crippen LogP contribution in [-0.4, -0.2) is 10.7 Å². The average Bonchev–Trinajstić information content (AvgIpc) is 2.20. The van der Waals surface area contributed by atoms with Crippen LogP contribution in [0.2, 0.25) is 5.02 Å². The molecule has 0 spiro atoms. The van der Waals surface area contributed by atoms with Gasteiger partial charge in [0.05, 0.1) is 5.60 Å². The van der Waals surface area contributed by atoms with Gasteiger partial charge in [0.25, 0.3) is 0 Å². The lowest BCUT2D eigenvalue weighted by Gasteiger charge is -2.41. The van der Waals surface area contributed by atoms with Crippen molar-refractivity contribution in [3.63, 3.8) is 0 Å². The molecule has 1 fully saturated rings. The molecule has 0 saturated heterocycles. The predicted molar refractivity (Wildman–Crippen MR) is 77.1 cm³/mol. The Labute approximate surface area is 115 Å². The number of aryl methyl sites for hydroxylation is 1. The number of benzene rings is 1. The van der Waals surface area contributed by atoms with Crippen LogP contribution >= 0.6 is 11.6 Å². The monoisotopic (exact) mass is 266 g/mol. The molecule has 1 unspecified atom stereocenters. The van der Waals surface area contributed by atoms with Crippen molar-refractivity contribution in [2.24, 2.45) is 5.41 Å². The van der Waals surface area contributed by atoms with Gasteiger partial charge >= 0.3 is 0 Å². The number of halogens is 1. The van der Waals surface area contributed by atoms with Gasteiger partial charge in [0.1, 0.15) is 0 Å². The van der Waals surface area contributed by atoms with Crippen molar-refractivity contribution in [2.45, 2.75) is 58.5 Å². The number of hydrogen-bond donors (Lipinski definition) is 1. The summed E-state index contributed by atoms with van der Waals surface area (Å²) in [6.07, 6.45) is 4.74. The zero-order chi connectivity index (χ0) is 13.4. The highest BCUT2D eigenvalue weighted by Crippen LogP contribution is 2.43. The summed E-state index contributed by atoms with van der Waals surface area (Å²) in [6, 6.07) is 6.10. The Morgan fingerprint density at radius 3 is 2.61 bits per heavy atom. The Hall–Kier alpha value is -0.530. The molecule has 18 heavy (non-hydrogen) atoms. The first-order valence-electron chi connectivity index (χ1n) is 6.77. The van der Waals surface area contributed by atoms with E-state index >= 15 is 0 Å². The van der Waals surface area contributed by atoms with Crippen molar-refractivity contribution in [1.82, 2.24) is 0 Å². The van der Waals surface area contributed by atoms with Gasteiger partial charge in [-0.2, -0.15) is 0 Å². The first-order chi connectivity index (χ1) is 8.30. The molecule has 0 heterocycles. The summed E-state index contributed by atoms with van der Waals surface area (Å²) in [5.41, 5.74) is 1.90. The lowest BCUT2D eigenvalue weighted by Crippen LogP contribution is -2.40. The second kappa shape index (κ2) is 4.86. The third-order valence-corrected chi connectivity index (χ3v) is 4.38. The molecular weight excluding hydrogens is 244 g/mol. The summed E-state index contributed by atoms with van der Waals surface area (Å²) in [5, 5.41) is 11.6. The van der Waals surface area contributed by atoms with Gasteiger partial charge in [-0.15, -0.1) is 0 Å². The van der Waals surface area contributed by atoms with Crippen molar-refractivity contribution >= 4 is 11.6 Å².